The molecule has 0 radical (unpaired) electrons. The number of thiophene rings is 1. The summed E-state index contributed by atoms with van der Waals surface area (Å²) in [4.78, 5) is 11.0. The molecule has 1 heterocycles. The number of hydrogen-bond donors (Lipinski definition) is 1. The van der Waals surface area contributed by atoms with Gasteiger partial charge in [-0.3, -0.25) is 9.10 Å². The summed E-state index contributed by atoms with van der Waals surface area (Å²) >= 11 is 8.33. The van der Waals surface area contributed by atoms with Gasteiger partial charge in [0.1, 0.15) is 6.54 Å². The molecule has 0 aliphatic rings. The molecule has 0 spiro atoms. The van der Waals surface area contributed by atoms with Crippen LogP contribution >= 0.6 is 34.9 Å². The molecular formula is C13H9ClF3NO2S2. The third-order valence-corrected chi connectivity index (χ3v) is 4.87. The number of halogens is 4. The highest BCUT2D eigenvalue weighted by molar-refractivity contribution is 8.02. The minimum absolute atomic E-state index is 0.0114. The van der Waals surface area contributed by atoms with Gasteiger partial charge in [-0.05, 0) is 41.6 Å². The molecule has 1 N–H and O–H groups in total. The maximum Gasteiger partial charge on any atom is 0.416 e. The van der Waals surface area contributed by atoms with Crippen molar-refractivity contribution < 1.29 is 23.1 Å². The highest BCUT2D eigenvalue weighted by atomic mass is 35.5. The first kappa shape index (κ1) is 17.0. The SMILES string of the molecule is O=C(O)CN(Sc1cccs1)c1cc(C(F)(F)F)ccc1Cl. The molecule has 118 valence electrons. The molecule has 0 aliphatic heterocycles. The van der Waals surface area contributed by atoms with Gasteiger partial charge in [0.05, 0.1) is 20.5 Å². The van der Waals surface area contributed by atoms with Gasteiger partial charge in [0.25, 0.3) is 0 Å². The molecule has 0 unspecified atom stereocenters. The summed E-state index contributed by atoms with van der Waals surface area (Å²) < 4.78 is 40.4. The molecule has 1 aromatic carbocycles. The van der Waals surface area contributed by atoms with E-state index in [-0.39, 0.29) is 10.7 Å². The third kappa shape index (κ3) is 4.31. The Morgan fingerprint density at radius 2 is 2.09 bits per heavy atom. The fourth-order valence-electron chi connectivity index (χ4n) is 1.59. The van der Waals surface area contributed by atoms with E-state index in [1.165, 1.54) is 15.6 Å². The zero-order chi connectivity index (χ0) is 16.3. The average molecular weight is 368 g/mol. The van der Waals surface area contributed by atoms with E-state index in [1.807, 2.05) is 0 Å². The summed E-state index contributed by atoms with van der Waals surface area (Å²) in [6.07, 6.45) is -4.53. The number of alkyl halides is 3. The van der Waals surface area contributed by atoms with Crippen LogP contribution in [0.25, 0.3) is 0 Å². The number of carboxylic acid groups (broad SMARTS) is 1. The Labute approximate surface area is 137 Å². The van der Waals surface area contributed by atoms with E-state index in [9.17, 15) is 18.0 Å². The molecule has 22 heavy (non-hydrogen) atoms. The normalized spacial score (nSPS) is 11.5. The second kappa shape index (κ2) is 6.80. The number of benzene rings is 1. The number of nitrogens with zero attached hydrogens (tertiary/aromatic N) is 1. The Morgan fingerprint density at radius 1 is 1.36 bits per heavy atom. The molecule has 3 nitrogen and oxygen atoms in total. The van der Waals surface area contributed by atoms with Crippen molar-refractivity contribution in [2.45, 2.75) is 10.4 Å². The first-order valence-electron chi connectivity index (χ1n) is 5.85. The molecule has 9 heteroatoms. The van der Waals surface area contributed by atoms with E-state index in [1.54, 1.807) is 17.5 Å². The molecule has 0 atom stereocenters. The summed E-state index contributed by atoms with van der Waals surface area (Å²) in [7, 11) is 0. The highest BCUT2D eigenvalue weighted by Crippen LogP contribution is 2.39. The summed E-state index contributed by atoms with van der Waals surface area (Å²) in [5.41, 5.74) is -0.869. The van der Waals surface area contributed by atoms with Crippen LogP contribution in [-0.2, 0) is 11.0 Å². The first-order chi connectivity index (χ1) is 10.3. The van der Waals surface area contributed by atoms with Crippen LogP contribution in [0.2, 0.25) is 5.02 Å². The average Bonchev–Trinajstić information content (AvgIpc) is 2.89. The predicted molar refractivity (Wildman–Crippen MR) is 81.6 cm³/mol. The Bertz CT molecular complexity index is 662. The van der Waals surface area contributed by atoms with Crippen LogP contribution in [-0.4, -0.2) is 17.6 Å². The van der Waals surface area contributed by atoms with Crippen molar-refractivity contribution in [2.24, 2.45) is 0 Å². The second-order valence-electron chi connectivity index (χ2n) is 4.12. The van der Waals surface area contributed by atoms with Crippen LogP contribution in [0.1, 0.15) is 5.56 Å². The zero-order valence-electron chi connectivity index (χ0n) is 10.8. The van der Waals surface area contributed by atoms with Gasteiger partial charge >= 0.3 is 12.1 Å². The van der Waals surface area contributed by atoms with Crippen LogP contribution in [0, 0.1) is 0 Å². The van der Waals surface area contributed by atoms with E-state index in [2.05, 4.69) is 0 Å². The van der Waals surface area contributed by atoms with Gasteiger partial charge in [-0.25, -0.2) is 0 Å². The minimum Gasteiger partial charge on any atom is -0.480 e. The lowest BCUT2D eigenvalue weighted by atomic mass is 10.2. The quantitative estimate of drug-likeness (QED) is 0.753. The number of carbonyl (C=O) groups is 1. The number of hydrogen-bond acceptors (Lipinski definition) is 4. The largest absolute Gasteiger partial charge is 0.480 e. The Balaban J connectivity index is 2.39. The standard InChI is InChI=1S/C13H9ClF3NO2S2/c14-9-4-3-8(13(15,16)17)6-10(9)18(7-11(19)20)22-12-2-1-5-21-12/h1-6H,7H2,(H,19,20). The van der Waals surface area contributed by atoms with Crippen LogP contribution in [0.3, 0.4) is 0 Å². The number of rotatable bonds is 5. The van der Waals surface area contributed by atoms with E-state index in [0.717, 1.165) is 34.4 Å². The molecule has 0 amide bonds. The molecule has 2 aromatic rings. The van der Waals surface area contributed by atoms with Gasteiger partial charge in [-0.1, -0.05) is 17.7 Å². The molecular weight excluding hydrogens is 359 g/mol. The Hall–Kier alpha value is -1.38. The topological polar surface area (TPSA) is 40.5 Å². The van der Waals surface area contributed by atoms with Crippen LogP contribution < -0.4 is 4.31 Å². The fraction of sp³-hybridized carbons (Fsp3) is 0.154. The number of aliphatic carboxylic acids is 1. The predicted octanol–water partition coefficient (Wildman–Crippen LogP) is 5.02. The molecule has 0 aliphatic carbocycles. The number of carboxylic acids is 1. The maximum atomic E-state index is 12.8. The summed E-state index contributed by atoms with van der Waals surface area (Å²) in [5, 5.41) is 10.8. The van der Waals surface area contributed by atoms with Gasteiger partial charge in [0, 0.05) is 0 Å². The molecule has 0 saturated heterocycles. The summed E-state index contributed by atoms with van der Waals surface area (Å²) in [6, 6.07) is 6.33. The van der Waals surface area contributed by atoms with Crippen molar-refractivity contribution in [2.75, 3.05) is 10.8 Å². The minimum atomic E-state index is -4.53. The highest BCUT2D eigenvalue weighted by Gasteiger charge is 2.32. The summed E-state index contributed by atoms with van der Waals surface area (Å²) in [5.74, 6) is -1.17. The van der Waals surface area contributed by atoms with Crippen LogP contribution in [0.15, 0.2) is 39.9 Å². The lowest BCUT2D eigenvalue weighted by Gasteiger charge is -2.22. The molecule has 0 saturated carbocycles. The van der Waals surface area contributed by atoms with Crippen LogP contribution in [0.5, 0.6) is 0 Å². The van der Waals surface area contributed by atoms with E-state index >= 15 is 0 Å². The molecule has 0 fully saturated rings. The lowest BCUT2D eigenvalue weighted by Crippen LogP contribution is -2.23. The smallest absolute Gasteiger partial charge is 0.416 e. The second-order valence-corrected chi connectivity index (χ2v) is 6.79. The van der Waals surface area contributed by atoms with Gasteiger partial charge in [-0.2, -0.15) is 13.2 Å². The maximum absolute atomic E-state index is 12.8. The van der Waals surface area contributed by atoms with E-state index in [0.29, 0.717) is 0 Å². The third-order valence-electron chi connectivity index (χ3n) is 2.52. The zero-order valence-corrected chi connectivity index (χ0v) is 13.2. The van der Waals surface area contributed by atoms with Crippen molar-refractivity contribution in [3.05, 3.63) is 46.3 Å². The van der Waals surface area contributed by atoms with Crippen molar-refractivity contribution in [3.8, 4) is 0 Å². The van der Waals surface area contributed by atoms with E-state index in [4.69, 9.17) is 16.7 Å². The van der Waals surface area contributed by atoms with Gasteiger partial charge in [0.15, 0.2) is 0 Å². The number of anilines is 1. The van der Waals surface area contributed by atoms with Gasteiger partial charge in [-0.15, -0.1) is 11.3 Å². The first-order valence-corrected chi connectivity index (χ1v) is 7.88. The fourth-order valence-corrected chi connectivity index (χ4v) is 3.70. The Morgan fingerprint density at radius 3 is 2.64 bits per heavy atom. The lowest BCUT2D eigenvalue weighted by molar-refractivity contribution is -0.137. The van der Waals surface area contributed by atoms with Crippen LogP contribution in [0.4, 0.5) is 18.9 Å². The Kier molecular flexibility index (Phi) is 5.25. The van der Waals surface area contributed by atoms with Gasteiger partial charge in [0.2, 0.25) is 0 Å². The molecule has 1 aromatic heterocycles. The van der Waals surface area contributed by atoms with Crippen molar-refractivity contribution in [1.29, 1.82) is 0 Å². The van der Waals surface area contributed by atoms with Crippen molar-refractivity contribution in [3.63, 3.8) is 0 Å². The van der Waals surface area contributed by atoms with Gasteiger partial charge < -0.3 is 5.11 Å². The molecule has 2 rings (SSSR count). The summed E-state index contributed by atoms with van der Waals surface area (Å²) in [6.45, 7) is -0.483. The molecule has 0 bridgehead atoms. The van der Waals surface area contributed by atoms with E-state index < -0.39 is 24.3 Å². The van der Waals surface area contributed by atoms with Crippen molar-refractivity contribution >= 4 is 46.5 Å². The van der Waals surface area contributed by atoms with Crippen molar-refractivity contribution in [1.82, 2.24) is 0 Å². The monoisotopic (exact) mass is 367 g/mol.